The highest BCUT2D eigenvalue weighted by molar-refractivity contribution is 6.32. The molecule has 2 aliphatic rings. The van der Waals surface area contributed by atoms with Crippen molar-refractivity contribution in [3.63, 3.8) is 0 Å². The lowest BCUT2D eigenvalue weighted by Crippen LogP contribution is -2.41. The highest BCUT2D eigenvalue weighted by Crippen LogP contribution is 2.45. The van der Waals surface area contributed by atoms with E-state index in [1.54, 1.807) is 26.5 Å². The van der Waals surface area contributed by atoms with E-state index in [9.17, 15) is 9.59 Å². The molecular formula is C19H23ClN8O2. The number of primary amides is 1. The molecular weight excluding hydrogens is 408 g/mol. The molecule has 1 fully saturated rings. The van der Waals surface area contributed by atoms with Gasteiger partial charge in [0.1, 0.15) is 11.6 Å². The van der Waals surface area contributed by atoms with E-state index in [-0.39, 0.29) is 42.2 Å². The lowest BCUT2D eigenvalue weighted by atomic mass is 9.88. The van der Waals surface area contributed by atoms with E-state index in [0.717, 1.165) is 6.42 Å². The Hall–Kier alpha value is -3.14. The molecule has 4 atom stereocenters. The number of carbonyl (C=O) groups is 2. The minimum absolute atomic E-state index is 0.0669. The number of hydrogen-bond acceptors (Lipinski definition) is 7. The summed E-state index contributed by atoms with van der Waals surface area (Å²) in [6, 6.07) is -0.155. The van der Waals surface area contributed by atoms with Crippen molar-refractivity contribution < 1.29 is 9.59 Å². The molecule has 10 nitrogen and oxygen atoms in total. The zero-order valence-electron chi connectivity index (χ0n) is 16.6. The molecule has 0 aromatic carbocycles. The van der Waals surface area contributed by atoms with Gasteiger partial charge in [0, 0.05) is 26.3 Å². The van der Waals surface area contributed by atoms with Gasteiger partial charge in [-0.25, -0.2) is 4.98 Å². The van der Waals surface area contributed by atoms with Gasteiger partial charge in [-0.1, -0.05) is 23.8 Å². The fraction of sp³-hybridized carbons (Fsp3) is 0.421. The summed E-state index contributed by atoms with van der Waals surface area (Å²) in [4.78, 5) is 33.9. The number of nitrogens with zero attached hydrogens (tertiary/aromatic N) is 5. The number of halogens is 1. The van der Waals surface area contributed by atoms with Crippen molar-refractivity contribution in [3.8, 4) is 0 Å². The monoisotopic (exact) mass is 430 g/mol. The van der Waals surface area contributed by atoms with Gasteiger partial charge in [0.25, 0.3) is 0 Å². The van der Waals surface area contributed by atoms with E-state index in [1.807, 2.05) is 0 Å². The van der Waals surface area contributed by atoms with E-state index >= 15 is 0 Å². The molecule has 0 radical (unpaired) electrons. The van der Waals surface area contributed by atoms with Crippen LogP contribution in [-0.2, 0) is 16.1 Å². The zero-order valence-corrected chi connectivity index (χ0v) is 17.4. The maximum atomic E-state index is 11.9. The third-order valence-electron chi connectivity index (χ3n) is 5.52. The van der Waals surface area contributed by atoms with E-state index < -0.39 is 0 Å². The molecule has 4 rings (SSSR count). The summed E-state index contributed by atoms with van der Waals surface area (Å²) in [5.41, 5.74) is 6.26. The summed E-state index contributed by atoms with van der Waals surface area (Å²) in [7, 11) is 3.38. The second kappa shape index (κ2) is 7.94. The molecule has 0 saturated heterocycles. The summed E-state index contributed by atoms with van der Waals surface area (Å²) in [5, 5.41) is 10.9. The van der Waals surface area contributed by atoms with Crippen molar-refractivity contribution in [1.29, 1.82) is 0 Å². The molecule has 1 saturated carbocycles. The molecule has 2 bridgehead atoms. The lowest BCUT2D eigenvalue weighted by Gasteiger charge is -2.27. The van der Waals surface area contributed by atoms with Gasteiger partial charge in [0.05, 0.1) is 24.0 Å². The number of rotatable bonds is 7. The fourth-order valence-electron chi connectivity index (χ4n) is 4.02. The Kier molecular flexibility index (Phi) is 5.33. The normalized spacial score (nSPS) is 24.1. The Morgan fingerprint density at radius 3 is 2.80 bits per heavy atom. The third-order valence-corrected chi connectivity index (χ3v) is 5.80. The van der Waals surface area contributed by atoms with Gasteiger partial charge in [-0.05, 0) is 18.3 Å². The van der Waals surface area contributed by atoms with Crippen LogP contribution < -0.4 is 16.4 Å². The molecule has 30 heavy (non-hydrogen) atoms. The minimum Gasteiger partial charge on any atom is -0.369 e. The maximum absolute atomic E-state index is 11.9. The lowest BCUT2D eigenvalue weighted by molar-refractivity contribution is -0.129. The number of fused-ring (bicyclic) bond motifs is 2. The van der Waals surface area contributed by atoms with Crippen LogP contribution in [0, 0.1) is 17.8 Å². The summed E-state index contributed by atoms with van der Waals surface area (Å²) in [5.74, 6) is 0.419. The smallest absolute Gasteiger partial charge is 0.243 e. The topological polar surface area (TPSA) is 131 Å². The Morgan fingerprint density at radius 2 is 2.07 bits per heavy atom. The predicted molar refractivity (Wildman–Crippen MR) is 112 cm³/mol. The molecule has 0 unspecified atom stereocenters. The quantitative estimate of drug-likeness (QED) is 0.563. The number of amides is 2. The van der Waals surface area contributed by atoms with Gasteiger partial charge in [-0.3, -0.25) is 14.3 Å². The first-order valence-corrected chi connectivity index (χ1v) is 9.96. The van der Waals surface area contributed by atoms with Crippen LogP contribution in [0.5, 0.6) is 0 Å². The minimum atomic E-state index is -0.326. The Labute approximate surface area is 178 Å². The standard InChI is InChI=1S/C19H23ClN8O2/c1-27(2)14(29)9-28-8-12(6-23-28)24-19-22-7-13(20)18(26-19)25-16-11-4-3-10(5-11)15(16)17(21)30/h3-4,6-8,10-11,15-16H,5,9H2,1-2H3,(H2,21,30)(H2,22,24,25,26)/t10-,11+,15+,16-/m0/s1. The van der Waals surface area contributed by atoms with E-state index in [1.165, 1.54) is 15.8 Å². The predicted octanol–water partition coefficient (Wildman–Crippen LogP) is 1.25. The number of nitrogens with one attached hydrogen (secondary N) is 2. The van der Waals surface area contributed by atoms with Crippen LogP contribution in [0.3, 0.4) is 0 Å². The molecule has 2 amide bonds. The van der Waals surface area contributed by atoms with Crippen LogP contribution in [-0.4, -0.2) is 56.6 Å². The largest absolute Gasteiger partial charge is 0.369 e. The first kappa shape index (κ1) is 20.1. The molecule has 2 heterocycles. The highest BCUT2D eigenvalue weighted by atomic mass is 35.5. The molecule has 2 aromatic rings. The fourth-order valence-corrected chi connectivity index (χ4v) is 4.16. The summed E-state index contributed by atoms with van der Waals surface area (Å²) in [6.07, 6.45) is 9.82. The van der Waals surface area contributed by atoms with Gasteiger partial charge in [0.15, 0.2) is 5.82 Å². The Bertz CT molecular complexity index is 1000. The highest BCUT2D eigenvalue weighted by Gasteiger charge is 2.47. The van der Waals surface area contributed by atoms with Crippen molar-refractivity contribution in [1.82, 2.24) is 24.6 Å². The number of aromatic nitrogens is 4. The summed E-state index contributed by atoms with van der Waals surface area (Å²) >= 11 is 6.29. The number of nitrogens with two attached hydrogens (primary N) is 1. The van der Waals surface area contributed by atoms with Crippen LogP contribution >= 0.6 is 11.6 Å². The van der Waals surface area contributed by atoms with E-state index in [4.69, 9.17) is 17.3 Å². The first-order chi connectivity index (χ1) is 14.3. The van der Waals surface area contributed by atoms with Crippen molar-refractivity contribution in [2.45, 2.75) is 19.0 Å². The second-order valence-corrected chi connectivity index (χ2v) is 8.18. The van der Waals surface area contributed by atoms with Crippen LogP contribution in [0.4, 0.5) is 17.5 Å². The average molecular weight is 431 g/mol. The molecule has 158 valence electrons. The SMILES string of the molecule is CN(C)C(=O)Cn1cc(Nc2ncc(Cl)c(N[C@@H]3[C@H](C(N)=O)[C@H]4C=C[C@@H]3C4)n2)cn1. The third kappa shape index (κ3) is 3.95. The second-order valence-electron chi connectivity index (χ2n) is 7.78. The average Bonchev–Trinajstić information content (AvgIpc) is 3.40. The Morgan fingerprint density at radius 1 is 1.30 bits per heavy atom. The van der Waals surface area contributed by atoms with Gasteiger partial charge in [-0.2, -0.15) is 10.1 Å². The van der Waals surface area contributed by atoms with E-state index in [0.29, 0.717) is 22.5 Å². The maximum Gasteiger partial charge on any atom is 0.243 e. The molecule has 2 aliphatic carbocycles. The number of likely N-dealkylation sites (N-methyl/N-ethyl adjacent to an activating group) is 1. The summed E-state index contributed by atoms with van der Waals surface area (Å²) in [6.45, 7) is 0.134. The van der Waals surface area contributed by atoms with Crippen LogP contribution in [0.25, 0.3) is 0 Å². The van der Waals surface area contributed by atoms with E-state index in [2.05, 4.69) is 37.9 Å². The Balaban J connectivity index is 1.48. The van der Waals surface area contributed by atoms with Crippen LogP contribution in [0.2, 0.25) is 5.02 Å². The van der Waals surface area contributed by atoms with Crippen molar-refractivity contribution in [2.24, 2.45) is 23.5 Å². The van der Waals surface area contributed by atoms with Gasteiger partial charge in [0.2, 0.25) is 17.8 Å². The molecule has 11 heteroatoms. The molecule has 0 spiro atoms. The number of allylic oxidation sites excluding steroid dienone is 1. The number of carbonyl (C=O) groups excluding carboxylic acids is 2. The zero-order chi connectivity index (χ0) is 21.4. The number of anilines is 3. The van der Waals surface area contributed by atoms with Crippen molar-refractivity contribution >= 4 is 40.9 Å². The van der Waals surface area contributed by atoms with Gasteiger partial charge < -0.3 is 21.3 Å². The molecule has 2 aromatic heterocycles. The first-order valence-electron chi connectivity index (χ1n) is 9.58. The van der Waals surface area contributed by atoms with Crippen LogP contribution in [0.15, 0.2) is 30.7 Å². The van der Waals surface area contributed by atoms with Crippen molar-refractivity contribution in [2.75, 3.05) is 24.7 Å². The molecule has 4 N–H and O–H groups in total. The molecule has 0 aliphatic heterocycles. The van der Waals surface area contributed by atoms with Crippen LogP contribution in [0.1, 0.15) is 6.42 Å². The van der Waals surface area contributed by atoms with Gasteiger partial charge >= 0.3 is 0 Å². The van der Waals surface area contributed by atoms with Gasteiger partial charge in [-0.15, -0.1) is 0 Å². The number of hydrogen-bond donors (Lipinski definition) is 3. The van der Waals surface area contributed by atoms with Crippen molar-refractivity contribution in [3.05, 3.63) is 35.8 Å². The summed E-state index contributed by atoms with van der Waals surface area (Å²) < 4.78 is 1.53.